The molecule has 130 valence electrons. The van der Waals surface area contributed by atoms with E-state index in [0.29, 0.717) is 16.5 Å². The van der Waals surface area contributed by atoms with Crippen molar-refractivity contribution in [1.82, 2.24) is 4.98 Å². The lowest BCUT2D eigenvalue weighted by Crippen LogP contribution is -2.15. The van der Waals surface area contributed by atoms with E-state index in [2.05, 4.69) is 10.3 Å². The van der Waals surface area contributed by atoms with Crippen LogP contribution >= 0.6 is 22.9 Å². The number of nitrogens with zero attached hydrogens (tertiary/aromatic N) is 1. The molecule has 1 aromatic carbocycles. The minimum atomic E-state index is -4.59. The molecule has 2 aromatic heterocycles. The SMILES string of the molecule is O=C(Cc1csc(-c2ccco2)n1)Nc1ccc(Cl)c(C(F)(F)F)c1. The Morgan fingerprint density at radius 2 is 2.12 bits per heavy atom. The second-order valence-corrected chi connectivity index (χ2v) is 6.30. The summed E-state index contributed by atoms with van der Waals surface area (Å²) in [5, 5.41) is 4.31. The number of carbonyl (C=O) groups is 1. The highest BCUT2D eigenvalue weighted by atomic mass is 35.5. The molecule has 4 nitrogen and oxygen atoms in total. The van der Waals surface area contributed by atoms with E-state index < -0.39 is 22.7 Å². The van der Waals surface area contributed by atoms with Crippen LogP contribution in [0.2, 0.25) is 5.02 Å². The first kappa shape index (κ1) is 17.5. The number of halogens is 4. The molecular formula is C16H10ClF3N2O2S. The Hall–Kier alpha value is -2.32. The van der Waals surface area contributed by atoms with E-state index >= 15 is 0 Å². The molecule has 0 aliphatic heterocycles. The Bertz CT molecular complexity index is 891. The minimum Gasteiger partial charge on any atom is -0.462 e. The fourth-order valence-corrected chi connectivity index (χ4v) is 3.10. The molecule has 1 N–H and O–H groups in total. The molecule has 1 amide bonds. The molecule has 25 heavy (non-hydrogen) atoms. The average molecular weight is 387 g/mol. The van der Waals surface area contributed by atoms with Gasteiger partial charge in [-0.15, -0.1) is 11.3 Å². The van der Waals surface area contributed by atoms with Crippen LogP contribution in [0.3, 0.4) is 0 Å². The topological polar surface area (TPSA) is 55.1 Å². The molecule has 0 aliphatic rings. The van der Waals surface area contributed by atoms with Gasteiger partial charge in [0.05, 0.1) is 29.0 Å². The van der Waals surface area contributed by atoms with Gasteiger partial charge in [-0.1, -0.05) is 11.6 Å². The van der Waals surface area contributed by atoms with E-state index in [-0.39, 0.29) is 12.1 Å². The van der Waals surface area contributed by atoms with Crippen LogP contribution in [0.15, 0.2) is 46.4 Å². The van der Waals surface area contributed by atoms with Gasteiger partial charge in [0.15, 0.2) is 10.8 Å². The summed E-state index contributed by atoms with van der Waals surface area (Å²) in [6.45, 7) is 0. The van der Waals surface area contributed by atoms with E-state index in [4.69, 9.17) is 16.0 Å². The molecule has 0 radical (unpaired) electrons. The highest BCUT2D eigenvalue weighted by molar-refractivity contribution is 7.13. The molecule has 3 rings (SSSR count). The molecule has 0 saturated heterocycles. The smallest absolute Gasteiger partial charge is 0.417 e. The number of nitrogens with one attached hydrogen (secondary N) is 1. The number of thiazole rings is 1. The van der Waals surface area contributed by atoms with E-state index in [9.17, 15) is 18.0 Å². The summed E-state index contributed by atoms with van der Waals surface area (Å²) in [7, 11) is 0. The van der Waals surface area contributed by atoms with Crippen molar-refractivity contribution in [2.75, 3.05) is 5.32 Å². The third-order valence-electron chi connectivity index (χ3n) is 3.18. The average Bonchev–Trinajstić information content (AvgIpc) is 3.19. The molecule has 0 bridgehead atoms. The Labute approximate surface area is 149 Å². The number of furan rings is 1. The number of carbonyl (C=O) groups excluding carboxylic acids is 1. The molecule has 9 heteroatoms. The summed E-state index contributed by atoms with van der Waals surface area (Å²) in [5.74, 6) is 0.107. The van der Waals surface area contributed by atoms with Gasteiger partial charge in [0.1, 0.15) is 0 Å². The number of benzene rings is 1. The molecule has 0 saturated carbocycles. The Morgan fingerprint density at radius 1 is 1.32 bits per heavy atom. The van der Waals surface area contributed by atoms with E-state index in [0.717, 1.165) is 12.1 Å². The number of hydrogen-bond acceptors (Lipinski definition) is 4. The van der Waals surface area contributed by atoms with Crippen LogP contribution in [0.5, 0.6) is 0 Å². The number of amides is 1. The van der Waals surface area contributed by atoms with Crippen molar-refractivity contribution in [3.05, 3.63) is 58.3 Å². The molecule has 0 aliphatic carbocycles. The fourth-order valence-electron chi connectivity index (χ4n) is 2.09. The number of anilines is 1. The Morgan fingerprint density at radius 3 is 2.80 bits per heavy atom. The van der Waals surface area contributed by atoms with Crippen LogP contribution in [0, 0.1) is 0 Å². The Balaban J connectivity index is 1.69. The van der Waals surface area contributed by atoms with Crippen LogP contribution in [-0.2, 0) is 17.4 Å². The van der Waals surface area contributed by atoms with Crippen LogP contribution in [0.25, 0.3) is 10.8 Å². The van der Waals surface area contributed by atoms with E-state index in [1.54, 1.807) is 17.5 Å². The van der Waals surface area contributed by atoms with Crippen molar-refractivity contribution >= 4 is 34.5 Å². The summed E-state index contributed by atoms with van der Waals surface area (Å²) in [6, 6.07) is 6.68. The van der Waals surface area contributed by atoms with Gasteiger partial charge in [-0.25, -0.2) is 4.98 Å². The molecule has 0 unspecified atom stereocenters. The van der Waals surface area contributed by atoms with Crippen LogP contribution in [0.4, 0.5) is 18.9 Å². The zero-order valence-electron chi connectivity index (χ0n) is 12.4. The van der Waals surface area contributed by atoms with Gasteiger partial charge in [-0.3, -0.25) is 4.79 Å². The lowest BCUT2D eigenvalue weighted by molar-refractivity contribution is -0.137. The summed E-state index contributed by atoms with van der Waals surface area (Å²) >= 11 is 6.86. The lowest BCUT2D eigenvalue weighted by atomic mass is 10.2. The van der Waals surface area contributed by atoms with Crippen molar-refractivity contribution in [3.8, 4) is 10.8 Å². The second kappa shape index (κ2) is 6.89. The molecular weight excluding hydrogens is 377 g/mol. The minimum absolute atomic E-state index is 0.0169. The van der Waals surface area contributed by atoms with Gasteiger partial charge >= 0.3 is 6.18 Å². The summed E-state index contributed by atoms with van der Waals surface area (Å²) in [4.78, 5) is 16.3. The predicted molar refractivity (Wildman–Crippen MR) is 88.6 cm³/mol. The quantitative estimate of drug-likeness (QED) is 0.665. The van der Waals surface area contributed by atoms with Crippen LogP contribution < -0.4 is 5.32 Å². The van der Waals surface area contributed by atoms with Crippen LogP contribution in [0.1, 0.15) is 11.3 Å². The third-order valence-corrected chi connectivity index (χ3v) is 4.42. The van der Waals surface area contributed by atoms with E-state index in [1.807, 2.05) is 0 Å². The monoisotopic (exact) mass is 386 g/mol. The van der Waals surface area contributed by atoms with Crippen LogP contribution in [-0.4, -0.2) is 10.9 Å². The third kappa shape index (κ3) is 4.21. The maximum atomic E-state index is 12.8. The first-order valence-electron chi connectivity index (χ1n) is 6.98. The molecule has 2 heterocycles. The normalized spacial score (nSPS) is 11.5. The highest BCUT2D eigenvalue weighted by Gasteiger charge is 2.33. The molecule has 0 fully saturated rings. The van der Waals surface area contributed by atoms with Gasteiger partial charge in [0, 0.05) is 11.1 Å². The first-order valence-corrected chi connectivity index (χ1v) is 8.23. The zero-order valence-corrected chi connectivity index (χ0v) is 14.0. The largest absolute Gasteiger partial charge is 0.462 e. The highest BCUT2D eigenvalue weighted by Crippen LogP contribution is 2.36. The molecule has 0 spiro atoms. The molecule has 0 atom stereocenters. The lowest BCUT2D eigenvalue weighted by Gasteiger charge is -2.11. The van der Waals surface area contributed by atoms with Gasteiger partial charge in [0.2, 0.25) is 5.91 Å². The van der Waals surface area contributed by atoms with Crippen molar-refractivity contribution in [2.24, 2.45) is 0 Å². The number of hydrogen-bond donors (Lipinski definition) is 1. The van der Waals surface area contributed by atoms with Crippen molar-refractivity contribution in [3.63, 3.8) is 0 Å². The van der Waals surface area contributed by atoms with E-state index in [1.165, 1.54) is 23.7 Å². The Kier molecular flexibility index (Phi) is 4.82. The molecule has 3 aromatic rings. The van der Waals surface area contributed by atoms with Gasteiger partial charge in [-0.05, 0) is 30.3 Å². The summed E-state index contributed by atoms with van der Waals surface area (Å²) in [5.41, 5.74) is -0.483. The number of rotatable bonds is 4. The summed E-state index contributed by atoms with van der Waals surface area (Å²) < 4.78 is 43.7. The van der Waals surface area contributed by atoms with Gasteiger partial charge in [-0.2, -0.15) is 13.2 Å². The predicted octanol–water partition coefficient (Wildman–Crippen LogP) is 5.26. The fraction of sp³-hybridized carbons (Fsp3) is 0.125. The van der Waals surface area contributed by atoms with Crippen molar-refractivity contribution in [2.45, 2.75) is 12.6 Å². The maximum absolute atomic E-state index is 12.8. The van der Waals surface area contributed by atoms with Crippen molar-refractivity contribution in [1.29, 1.82) is 0 Å². The maximum Gasteiger partial charge on any atom is 0.417 e. The van der Waals surface area contributed by atoms with Crippen molar-refractivity contribution < 1.29 is 22.4 Å². The second-order valence-electron chi connectivity index (χ2n) is 5.04. The first-order chi connectivity index (χ1) is 11.8. The van der Waals surface area contributed by atoms with Gasteiger partial charge < -0.3 is 9.73 Å². The standard InChI is InChI=1S/C16H10ClF3N2O2S/c17-12-4-3-9(6-11(12)16(18,19)20)21-14(23)7-10-8-25-15(22-10)13-2-1-5-24-13/h1-6,8H,7H2,(H,21,23). The zero-order chi connectivity index (χ0) is 18.0. The van der Waals surface area contributed by atoms with Gasteiger partial charge in [0.25, 0.3) is 0 Å². The number of aromatic nitrogens is 1. The number of alkyl halides is 3. The summed E-state index contributed by atoms with van der Waals surface area (Å²) in [6.07, 6.45) is -3.15.